The summed E-state index contributed by atoms with van der Waals surface area (Å²) in [6, 6.07) is 23.1. The van der Waals surface area contributed by atoms with Gasteiger partial charge in [-0.15, -0.1) is 0 Å². The molecular formula is C24H14Cl2N2O3. The highest BCUT2D eigenvalue weighted by molar-refractivity contribution is 6.33. The van der Waals surface area contributed by atoms with Crippen LogP contribution in [0.5, 0.6) is 0 Å². The molecule has 3 aromatic carbocycles. The molecule has 0 radical (unpaired) electrons. The molecule has 152 valence electrons. The van der Waals surface area contributed by atoms with E-state index >= 15 is 0 Å². The molecule has 5 rings (SSSR count). The molecule has 0 bridgehead atoms. The van der Waals surface area contributed by atoms with Gasteiger partial charge < -0.3 is 14.2 Å². The van der Waals surface area contributed by atoms with Crippen molar-refractivity contribution in [2.75, 3.05) is 5.32 Å². The van der Waals surface area contributed by atoms with Crippen LogP contribution < -0.4 is 5.32 Å². The third-order valence-corrected chi connectivity index (χ3v) is 5.29. The number of benzene rings is 3. The molecule has 0 aliphatic rings. The summed E-state index contributed by atoms with van der Waals surface area (Å²) in [6.45, 7) is 0. The molecule has 5 nitrogen and oxygen atoms in total. The van der Waals surface area contributed by atoms with Crippen LogP contribution in [0.3, 0.4) is 0 Å². The van der Waals surface area contributed by atoms with Crippen LogP contribution in [0.1, 0.15) is 10.6 Å². The summed E-state index contributed by atoms with van der Waals surface area (Å²) in [5.41, 5.74) is 3.31. The molecule has 0 aliphatic carbocycles. The summed E-state index contributed by atoms with van der Waals surface area (Å²) < 4.78 is 11.5. The summed E-state index contributed by atoms with van der Waals surface area (Å²) in [5.74, 6) is 0.831. The number of nitrogens with zero attached hydrogens (tertiary/aromatic N) is 1. The first-order valence-electron chi connectivity index (χ1n) is 9.39. The lowest BCUT2D eigenvalue weighted by atomic mass is 10.2. The first-order valence-corrected chi connectivity index (χ1v) is 10.1. The molecule has 0 atom stereocenters. The number of furan rings is 1. The number of amides is 1. The Morgan fingerprint density at radius 3 is 2.48 bits per heavy atom. The zero-order valence-electron chi connectivity index (χ0n) is 15.9. The van der Waals surface area contributed by atoms with Gasteiger partial charge >= 0.3 is 0 Å². The minimum atomic E-state index is -0.366. The number of nitrogens with one attached hydrogen (secondary N) is 1. The Labute approximate surface area is 187 Å². The summed E-state index contributed by atoms with van der Waals surface area (Å²) in [6.07, 6.45) is 0. The molecule has 1 amide bonds. The largest absolute Gasteiger partial charge is 0.451 e. The lowest BCUT2D eigenvalue weighted by Crippen LogP contribution is -2.10. The van der Waals surface area contributed by atoms with E-state index in [0.717, 1.165) is 5.56 Å². The smallest absolute Gasteiger partial charge is 0.291 e. The van der Waals surface area contributed by atoms with Crippen LogP contribution in [-0.2, 0) is 0 Å². The predicted octanol–water partition coefficient (Wildman–Crippen LogP) is 7.31. The number of anilines is 1. The van der Waals surface area contributed by atoms with E-state index in [4.69, 9.17) is 32.0 Å². The lowest BCUT2D eigenvalue weighted by Gasteiger charge is -2.02. The van der Waals surface area contributed by atoms with Crippen molar-refractivity contribution in [3.63, 3.8) is 0 Å². The van der Waals surface area contributed by atoms with Crippen LogP contribution in [0, 0.1) is 0 Å². The normalized spacial score (nSPS) is 11.0. The van der Waals surface area contributed by atoms with Crippen LogP contribution in [0.4, 0.5) is 5.69 Å². The Morgan fingerprint density at radius 1 is 0.871 bits per heavy atom. The predicted molar refractivity (Wildman–Crippen MR) is 122 cm³/mol. The van der Waals surface area contributed by atoms with Crippen molar-refractivity contribution < 1.29 is 13.6 Å². The van der Waals surface area contributed by atoms with E-state index in [0.29, 0.717) is 44.0 Å². The standard InChI is InChI=1S/C24H14Cl2N2O3/c25-15-7-5-14(6-8-15)20-11-12-22(30-20)23(29)27-16-9-10-21-19(13-16)28-24(31-21)17-3-1-2-4-18(17)26/h1-13H,(H,27,29). The van der Waals surface area contributed by atoms with Crippen molar-refractivity contribution in [3.8, 4) is 22.8 Å². The topological polar surface area (TPSA) is 68.3 Å². The van der Waals surface area contributed by atoms with Gasteiger partial charge in [0, 0.05) is 16.3 Å². The van der Waals surface area contributed by atoms with Crippen molar-refractivity contribution in [2.24, 2.45) is 0 Å². The van der Waals surface area contributed by atoms with E-state index in [1.165, 1.54) is 0 Å². The maximum Gasteiger partial charge on any atom is 0.291 e. The molecule has 0 spiro atoms. The van der Waals surface area contributed by atoms with Crippen LogP contribution in [0.25, 0.3) is 33.9 Å². The quantitative estimate of drug-likeness (QED) is 0.312. The number of hydrogen-bond donors (Lipinski definition) is 1. The summed E-state index contributed by atoms with van der Waals surface area (Å²) in [5, 5.41) is 4.01. The van der Waals surface area contributed by atoms with Crippen molar-refractivity contribution >= 4 is 45.9 Å². The van der Waals surface area contributed by atoms with Gasteiger partial charge in [0.2, 0.25) is 5.89 Å². The second-order valence-electron chi connectivity index (χ2n) is 6.81. The summed E-state index contributed by atoms with van der Waals surface area (Å²) >= 11 is 12.2. The molecule has 0 fully saturated rings. The van der Waals surface area contributed by atoms with Gasteiger partial charge in [-0.2, -0.15) is 0 Å². The highest BCUT2D eigenvalue weighted by Gasteiger charge is 2.15. The van der Waals surface area contributed by atoms with Gasteiger partial charge in [-0.1, -0.05) is 35.3 Å². The second kappa shape index (κ2) is 7.95. The molecule has 0 aliphatic heterocycles. The van der Waals surface area contributed by atoms with Crippen molar-refractivity contribution in [1.29, 1.82) is 0 Å². The molecule has 31 heavy (non-hydrogen) atoms. The van der Waals surface area contributed by atoms with Crippen LogP contribution in [0.2, 0.25) is 10.0 Å². The number of carbonyl (C=O) groups is 1. The monoisotopic (exact) mass is 448 g/mol. The number of rotatable bonds is 4. The Kier molecular flexibility index (Phi) is 4.98. The summed E-state index contributed by atoms with van der Waals surface area (Å²) in [4.78, 5) is 17.1. The first-order chi connectivity index (χ1) is 15.1. The fourth-order valence-corrected chi connectivity index (χ4v) is 3.52. The van der Waals surface area contributed by atoms with E-state index in [1.807, 2.05) is 30.3 Å². The van der Waals surface area contributed by atoms with Crippen LogP contribution in [-0.4, -0.2) is 10.9 Å². The van der Waals surface area contributed by atoms with Crippen molar-refractivity contribution in [2.45, 2.75) is 0 Å². The number of fused-ring (bicyclic) bond motifs is 1. The van der Waals surface area contributed by atoms with E-state index in [1.54, 1.807) is 48.5 Å². The Morgan fingerprint density at radius 2 is 1.68 bits per heavy atom. The van der Waals surface area contributed by atoms with E-state index in [-0.39, 0.29) is 11.7 Å². The fourth-order valence-electron chi connectivity index (χ4n) is 3.18. The highest BCUT2D eigenvalue weighted by atomic mass is 35.5. The zero-order chi connectivity index (χ0) is 21.4. The third kappa shape index (κ3) is 3.93. The van der Waals surface area contributed by atoms with Gasteiger partial charge in [0.25, 0.3) is 5.91 Å². The summed E-state index contributed by atoms with van der Waals surface area (Å²) in [7, 11) is 0. The van der Waals surface area contributed by atoms with Gasteiger partial charge in [-0.05, 0) is 66.7 Å². The second-order valence-corrected chi connectivity index (χ2v) is 7.65. The molecule has 0 saturated heterocycles. The fraction of sp³-hybridized carbons (Fsp3) is 0. The van der Waals surface area contributed by atoms with Crippen LogP contribution in [0.15, 0.2) is 87.7 Å². The number of hydrogen-bond acceptors (Lipinski definition) is 4. The molecule has 2 aromatic heterocycles. The highest BCUT2D eigenvalue weighted by Crippen LogP contribution is 2.31. The van der Waals surface area contributed by atoms with Crippen molar-refractivity contribution in [3.05, 3.63) is 94.7 Å². The Bertz CT molecular complexity index is 1400. The molecule has 1 N–H and O–H groups in total. The molecule has 7 heteroatoms. The number of carbonyl (C=O) groups excluding carboxylic acids is 1. The lowest BCUT2D eigenvalue weighted by molar-refractivity contribution is 0.0997. The molecule has 0 saturated carbocycles. The molecular weight excluding hydrogens is 435 g/mol. The first kappa shape index (κ1) is 19.4. The maximum absolute atomic E-state index is 12.6. The third-order valence-electron chi connectivity index (χ3n) is 4.71. The number of oxazole rings is 1. The molecule has 2 heterocycles. The van der Waals surface area contributed by atoms with Gasteiger partial charge in [-0.25, -0.2) is 4.98 Å². The Hall–Kier alpha value is -3.54. The van der Waals surface area contributed by atoms with Crippen molar-refractivity contribution in [1.82, 2.24) is 4.98 Å². The molecule has 0 unspecified atom stereocenters. The minimum Gasteiger partial charge on any atom is -0.451 e. The average Bonchev–Trinajstić information content (AvgIpc) is 3.42. The van der Waals surface area contributed by atoms with Gasteiger partial charge in [0.05, 0.1) is 10.6 Å². The van der Waals surface area contributed by atoms with Gasteiger partial charge in [0.1, 0.15) is 11.3 Å². The average molecular weight is 449 g/mol. The minimum absolute atomic E-state index is 0.196. The Balaban J connectivity index is 1.37. The molecule has 5 aromatic rings. The number of halogens is 2. The zero-order valence-corrected chi connectivity index (χ0v) is 17.4. The van der Waals surface area contributed by atoms with E-state index < -0.39 is 0 Å². The SMILES string of the molecule is O=C(Nc1ccc2oc(-c3ccccc3Cl)nc2c1)c1ccc(-c2ccc(Cl)cc2)o1. The van der Waals surface area contributed by atoms with E-state index in [9.17, 15) is 4.79 Å². The van der Waals surface area contributed by atoms with Crippen LogP contribution >= 0.6 is 23.2 Å². The van der Waals surface area contributed by atoms with Gasteiger partial charge in [-0.3, -0.25) is 4.79 Å². The van der Waals surface area contributed by atoms with E-state index in [2.05, 4.69) is 10.3 Å². The number of aromatic nitrogens is 1. The maximum atomic E-state index is 12.6. The van der Waals surface area contributed by atoms with Gasteiger partial charge in [0.15, 0.2) is 11.3 Å².